The summed E-state index contributed by atoms with van der Waals surface area (Å²) in [5.41, 5.74) is 5.45. The van der Waals surface area contributed by atoms with E-state index in [4.69, 9.17) is 23.1 Å². The fraction of sp³-hybridized carbons (Fsp3) is 0.889. The molecule has 0 amide bonds. The molecule has 5 nitrogen and oxygen atoms in total. The van der Waals surface area contributed by atoms with E-state index in [2.05, 4.69) is 0 Å². The molecule has 0 heterocycles. The van der Waals surface area contributed by atoms with E-state index in [1.165, 1.54) is 4.31 Å². The first-order valence-electron chi connectivity index (χ1n) is 5.36. The average molecular weight is 266 g/mol. The molecule has 0 spiro atoms. The fourth-order valence-electron chi connectivity index (χ4n) is 1.70. The van der Waals surface area contributed by atoms with Crippen LogP contribution in [0.1, 0.15) is 26.2 Å². The van der Waals surface area contributed by atoms with Crippen molar-refractivity contribution in [2.45, 2.75) is 37.5 Å². The summed E-state index contributed by atoms with van der Waals surface area (Å²) >= 11 is 4.78. The molecule has 1 aliphatic carbocycles. The lowest BCUT2D eigenvalue weighted by Gasteiger charge is -2.25. The zero-order chi connectivity index (χ0) is 12.3. The second-order valence-electron chi connectivity index (χ2n) is 3.91. The summed E-state index contributed by atoms with van der Waals surface area (Å²) in [6.45, 7) is 1.70. The van der Waals surface area contributed by atoms with E-state index in [1.807, 2.05) is 0 Å². The van der Waals surface area contributed by atoms with Gasteiger partial charge in [0.05, 0.1) is 11.6 Å². The molecule has 1 unspecified atom stereocenters. The number of aliphatic hydroxyl groups excluding tert-OH is 1. The van der Waals surface area contributed by atoms with Gasteiger partial charge in [-0.3, -0.25) is 0 Å². The summed E-state index contributed by atoms with van der Waals surface area (Å²) in [6.07, 6.45) is 2.08. The van der Waals surface area contributed by atoms with E-state index in [-0.39, 0.29) is 24.2 Å². The number of nitrogens with zero attached hydrogens (tertiary/aromatic N) is 1. The molecule has 0 aromatic heterocycles. The molecule has 1 fully saturated rings. The van der Waals surface area contributed by atoms with Crippen molar-refractivity contribution in [1.29, 1.82) is 0 Å². The first kappa shape index (κ1) is 13.8. The van der Waals surface area contributed by atoms with Crippen molar-refractivity contribution >= 4 is 27.2 Å². The van der Waals surface area contributed by atoms with Gasteiger partial charge in [0.25, 0.3) is 0 Å². The molecule has 0 aliphatic heterocycles. The SMILES string of the molecule is CCC(C(N)=S)S(=O)(=O)N(CCO)C1CC1. The monoisotopic (exact) mass is 266 g/mol. The minimum Gasteiger partial charge on any atom is -0.395 e. The second-order valence-corrected chi connectivity index (χ2v) is 6.45. The summed E-state index contributed by atoms with van der Waals surface area (Å²) in [6, 6.07) is 0.0283. The zero-order valence-electron chi connectivity index (χ0n) is 9.30. The Balaban J connectivity index is 2.91. The Kier molecular flexibility index (Phi) is 4.66. The van der Waals surface area contributed by atoms with E-state index in [0.29, 0.717) is 6.42 Å². The Labute approximate surface area is 102 Å². The Morgan fingerprint density at radius 2 is 2.19 bits per heavy atom. The minimum absolute atomic E-state index is 0.00564. The van der Waals surface area contributed by atoms with Crippen molar-refractivity contribution in [2.24, 2.45) is 5.73 Å². The average Bonchev–Trinajstić information content (AvgIpc) is 2.97. The summed E-state index contributed by atoms with van der Waals surface area (Å²) in [4.78, 5) is 0.00564. The molecule has 16 heavy (non-hydrogen) atoms. The lowest BCUT2D eigenvalue weighted by Crippen LogP contribution is -2.46. The molecule has 1 rings (SSSR count). The van der Waals surface area contributed by atoms with Gasteiger partial charge in [-0.25, -0.2) is 8.42 Å². The molecule has 0 saturated heterocycles. The van der Waals surface area contributed by atoms with Gasteiger partial charge in [-0.1, -0.05) is 19.1 Å². The van der Waals surface area contributed by atoms with Gasteiger partial charge >= 0.3 is 0 Å². The van der Waals surface area contributed by atoms with Gasteiger partial charge in [-0.2, -0.15) is 4.31 Å². The van der Waals surface area contributed by atoms with Gasteiger partial charge in [-0.05, 0) is 19.3 Å². The van der Waals surface area contributed by atoms with E-state index < -0.39 is 15.3 Å². The number of nitrogens with two attached hydrogens (primary N) is 1. The minimum atomic E-state index is -3.50. The van der Waals surface area contributed by atoms with Crippen LogP contribution in [0.15, 0.2) is 0 Å². The number of hydrogen-bond acceptors (Lipinski definition) is 4. The lowest BCUT2D eigenvalue weighted by molar-refractivity contribution is 0.250. The van der Waals surface area contributed by atoms with Crippen LogP contribution in [-0.2, 0) is 10.0 Å². The Bertz CT molecular complexity index is 352. The fourth-order valence-corrected chi connectivity index (χ4v) is 4.24. The lowest BCUT2D eigenvalue weighted by atomic mass is 10.3. The Hall–Kier alpha value is -0.240. The molecule has 0 aromatic carbocycles. The number of thiocarbonyl (C=S) groups is 1. The standard InChI is InChI=1S/C9H18N2O3S2/c1-2-8(9(10)15)16(13,14)11(5-6-12)7-3-4-7/h7-8,12H,2-6H2,1H3,(H2,10,15). The van der Waals surface area contributed by atoms with Crippen LogP contribution >= 0.6 is 12.2 Å². The van der Waals surface area contributed by atoms with Crippen LogP contribution in [0, 0.1) is 0 Å². The quantitative estimate of drug-likeness (QED) is 0.626. The normalized spacial score (nSPS) is 18.7. The molecular weight excluding hydrogens is 248 g/mol. The predicted octanol–water partition coefficient (Wildman–Crippen LogP) is -0.162. The van der Waals surface area contributed by atoms with Gasteiger partial charge in [-0.15, -0.1) is 0 Å². The van der Waals surface area contributed by atoms with Crippen molar-refractivity contribution < 1.29 is 13.5 Å². The maximum absolute atomic E-state index is 12.2. The molecule has 1 aliphatic rings. The summed E-state index contributed by atoms with van der Waals surface area (Å²) < 4.78 is 25.8. The van der Waals surface area contributed by atoms with Gasteiger partial charge < -0.3 is 10.8 Å². The van der Waals surface area contributed by atoms with E-state index in [0.717, 1.165) is 12.8 Å². The molecule has 94 valence electrons. The maximum atomic E-state index is 12.2. The van der Waals surface area contributed by atoms with Crippen LogP contribution in [0.4, 0.5) is 0 Å². The van der Waals surface area contributed by atoms with Crippen LogP contribution in [0.5, 0.6) is 0 Å². The van der Waals surface area contributed by atoms with Crippen molar-refractivity contribution in [3.63, 3.8) is 0 Å². The van der Waals surface area contributed by atoms with Crippen LogP contribution in [0.2, 0.25) is 0 Å². The van der Waals surface area contributed by atoms with Crippen LogP contribution < -0.4 is 5.73 Å². The largest absolute Gasteiger partial charge is 0.395 e. The highest BCUT2D eigenvalue weighted by Crippen LogP contribution is 2.30. The third-order valence-electron chi connectivity index (χ3n) is 2.65. The van der Waals surface area contributed by atoms with Gasteiger partial charge in [0.15, 0.2) is 0 Å². The van der Waals surface area contributed by atoms with Gasteiger partial charge in [0.2, 0.25) is 10.0 Å². The van der Waals surface area contributed by atoms with Crippen LogP contribution in [-0.4, -0.2) is 47.3 Å². The summed E-state index contributed by atoms with van der Waals surface area (Å²) in [7, 11) is -3.50. The Morgan fingerprint density at radius 1 is 1.62 bits per heavy atom. The zero-order valence-corrected chi connectivity index (χ0v) is 10.9. The van der Waals surface area contributed by atoms with Crippen molar-refractivity contribution in [1.82, 2.24) is 4.31 Å². The number of sulfonamides is 1. The van der Waals surface area contributed by atoms with E-state index >= 15 is 0 Å². The summed E-state index contributed by atoms with van der Waals surface area (Å²) in [5.74, 6) is 0. The number of aliphatic hydroxyl groups is 1. The molecule has 1 atom stereocenters. The molecule has 0 radical (unpaired) electrons. The highest BCUT2D eigenvalue weighted by atomic mass is 32.2. The third kappa shape index (κ3) is 2.91. The molecule has 7 heteroatoms. The maximum Gasteiger partial charge on any atom is 0.223 e. The van der Waals surface area contributed by atoms with Gasteiger partial charge in [0.1, 0.15) is 5.25 Å². The van der Waals surface area contributed by atoms with E-state index in [9.17, 15) is 8.42 Å². The Morgan fingerprint density at radius 3 is 2.50 bits per heavy atom. The van der Waals surface area contributed by atoms with Crippen LogP contribution in [0.3, 0.4) is 0 Å². The molecule has 0 aromatic rings. The molecule has 3 N–H and O–H groups in total. The van der Waals surface area contributed by atoms with Gasteiger partial charge in [0, 0.05) is 12.6 Å². The first-order valence-corrected chi connectivity index (χ1v) is 7.27. The smallest absolute Gasteiger partial charge is 0.223 e. The van der Waals surface area contributed by atoms with Crippen molar-refractivity contribution in [2.75, 3.05) is 13.2 Å². The number of rotatable bonds is 7. The third-order valence-corrected chi connectivity index (χ3v) is 5.52. The van der Waals surface area contributed by atoms with Crippen LogP contribution in [0.25, 0.3) is 0 Å². The van der Waals surface area contributed by atoms with E-state index in [1.54, 1.807) is 6.92 Å². The topological polar surface area (TPSA) is 83.6 Å². The van der Waals surface area contributed by atoms with Crippen molar-refractivity contribution in [3.8, 4) is 0 Å². The van der Waals surface area contributed by atoms with Crippen molar-refractivity contribution in [3.05, 3.63) is 0 Å². The molecule has 0 bridgehead atoms. The highest BCUT2D eigenvalue weighted by molar-refractivity contribution is 7.92. The first-order chi connectivity index (χ1) is 7.45. The number of hydrogen-bond donors (Lipinski definition) is 2. The summed E-state index contributed by atoms with van der Waals surface area (Å²) in [5, 5.41) is 8.09. The molecular formula is C9H18N2O3S2. The predicted molar refractivity (Wildman–Crippen MR) is 66.6 cm³/mol. The molecule has 1 saturated carbocycles. The second kappa shape index (κ2) is 5.39. The highest BCUT2D eigenvalue weighted by Gasteiger charge is 2.41.